The SMILES string of the molecule is CCc1c(-n2c(C)nc(C#Cc3cccc(C)c3)c2C)cc[nH]c1=O. The van der Waals surface area contributed by atoms with Gasteiger partial charge < -0.3 is 4.98 Å². The maximum absolute atomic E-state index is 12.1. The first-order valence-electron chi connectivity index (χ1n) is 8.36. The van der Waals surface area contributed by atoms with Gasteiger partial charge in [0.25, 0.3) is 5.56 Å². The number of aryl methyl sites for hydroxylation is 2. The van der Waals surface area contributed by atoms with E-state index in [1.165, 1.54) is 5.56 Å². The van der Waals surface area contributed by atoms with Crippen molar-refractivity contribution in [1.29, 1.82) is 0 Å². The Morgan fingerprint density at radius 3 is 2.68 bits per heavy atom. The first-order chi connectivity index (χ1) is 12.0. The number of aromatic amines is 1. The molecule has 3 aromatic rings. The molecule has 0 aliphatic rings. The largest absolute Gasteiger partial charge is 0.329 e. The van der Waals surface area contributed by atoms with Crippen molar-refractivity contribution in [3.63, 3.8) is 0 Å². The normalized spacial score (nSPS) is 10.4. The summed E-state index contributed by atoms with van der Waals surface area (Å²) in [6.07, 6.45) is 2.33. The predicted octanol–water partition coefficient (Wildman–Crippen LogP) is 3.45. The lowest BCUT2D eigenvalue weighted by atomic mass is 10.1. The molecule has 0 aliphatic carbocycles. The molecule has 126 valence electrons. The predicted molar refractivity (Wildman–Crippen MR) is 100 cm³/mol. The Balaban J connectivity index is 2.09. The number of pyridine rings is 1. The van der Waals surface area contributed by atoms with E-state index in [0.29, 0.717) is 6.42 Å². The summed E-state index contributed by atoms with van der Waals surface area (Å²) in [6.45, 7) is 7.95. The second-order valence-electron chi connectivity index (χ2n) is 6.07. The van der Waals surface area contributed by atoms with Gasteiger partial charge in [0.05, 0.1) is 11.4 Å². The van der Waals surface area contributed by atoms with Crippen LogP contribution in [0.4, 0.5) is 0 Å². The minimum atomic E-state index is -0.0557. The highest BCUT2D eigenvalue weighted by Crippen LogP contribution is 2.19. The molecule has 0 atom stereocenters. The smallest absolute Gasteiger partial charge is 0.253 e. The lowest BCUT2D eigenvalue weighted by molar-refractivity contribution is 0.901. The van der Waals surface area contributed by atoms with Crippen molar-refractivity contribution in [3.8, 4) is 17.5 Å². The standard InChI is InChI=1S/C21H21N3O/c1-5-18-20(11-12-22-21(18)25)24-15(3)19(23-16(24)4)10-9-17-8-6-7-14(2)13-17/h6-8,11-13H,5H2,1-4H3,(H,22,25). The van der Waals surface area contributed by atoms with Crippen molar-refractivity contribution in [2.45, 2.75) is 34.1 Å². The van der Waals surface area contributed by atoms with E-state index in [0.717, 1.165) is 34.0 Å². The quantitative estimate of drug-likeness (QED) is 0.731. The molecule has 0 fully saturated rings. The summed E-state index contributed by atoms with van der Waals surface area (Å²) in [5, 5.41) is 0. The van der Waals surface area contributed by atoms with E-state index in [1.807, 2.05) is 43.5 Å². The van der Waals surface area contributed by atoms with Crippen LogP contribution in [0.2, 0.25) is 0 Å². The van der Waals surface area contributed by atoms with Crippen LogP contribution in [0.25, 0.3) is 5.69 Å². The molecule has 0 saturated carbocycles. The Morgan fingerprint density at radius 2 is 1.96 bits per heavy atom. The molecule has 1 aromatic carbocycles. The van der Waals surface area contributed by atoms with E-state index in [2.05, 4.69) is 40.9 Å². The summed E-state index contributed by atoms with van der Waals surface area (Å²) >= 11 is 0. The van der Waals surface area contributed by atoms with Gasteiger partial charge in [0.2, 0.25) is 0 Å². The van der Waals surface area contributed by atoms with Crippen molar-refractivity contribution in [3.05, 3.63) is 80.8 Å². The molecule has 1 N–H and O–H groups in total. The zero-order chi connectivity index (χ0) is 18.0. The first-order valence-corrected chi connectivity index (χ1v) is 8.36. The van der Waals surface area contributed by atoms with Gasteiger partial charge in [-0.1, -0.05) is 25.0 Å². The van der Waals surface area contributed by atoms with E-state index < -0.39 is 0 Å². The van der Waals surface area contributed by atoms with Crippen molar-refractivity contribution in [2.75, 3.05) is 0 Å². The van der Waals surface area contributed by atoms with Crippen LogP contribution in [0, 0.1) is 32.6 Å². The van der Waals surface area contributed by atoms with Crippen molar-refractivity contribution in [1.82, 2.24) is 14.5 Å². The third-order valence-electron chi connectivity index (χ3n) is 4.25. The Labute approximate surface area is 147 Å². The lowest BCUT2D eigenvalue weighted by Gasteiger charge is -2.11. The van der Waals surface area contributed by atoms with Crippen LogP contribution in [0.5, 0.6) is 0 Å². The van der Waals surface area contributed by atoms with E-state index >= 15 is 0 Å². The van der Waals surface area contributed by atoms with Crippen LogP contribution in [0.15, 0.2) is 41.3 Å². The fourth-order valence-corrected chi connectivity index (χ4v) is 3.02. The van der Waals surface area contributed by atoms with Gasteiger partial charge in [0.1, 0.15) is 11.5 Å². The van der Waals surface area contributed by atoms with Crippen LogP contribution in [-0.4, -0.2) is 14.5 Å². The number of H-pyrrole nitrogens is 1. The van der Waals surface area contributed by atoms with Gasteiger partial charge >= 0.3 is 0 Å². The summed E-state index contributed by atoms with van der Waals surface area (Å²) < 4.78 is 2.01. The number of aromatic nitrogens is 3. The molecular formula is C21H21N3O. The molecule has 0 spiro atoms. The second-order valence-corrected chi connectivity index (χ2v) is 6.07. The fraction of sp³-hybridized carbons (Fsp3) is 0.238. The van der Waals surface area contributed by atoms with E-state index in [-0.39, 0.29) is 5.56 Å². The molecule has 0 amide bonds. The minimum absolute atomic E-state index is 0.0557. The van der Waals surface area contributed by atoms with E-state index in [1.54, 1.807) is 6.20 Å². The van der Waals surface area contributed by atoms with Crippen LogP contribution in [0.1, 0.15) is 40.8 Å². The summed E-state index contributed by atoms with van der Waals surface area (Å²) in [5.74, 6) is 7.18. The number of nitrogens with one attached hydrogen (secondary N) is 1. The van der Waals surface area contributed by atoms with Crippen molar-refractivity contribution in [2.24, 2.45) is 0 Å². The zero-order valence-electron chi connectivity index (χ0n) is 15.0. The van der Waals surface area contributed by atoms with Gasteiger partial charge in [-0.25, -0.2) is 4.98 Å². The van der Waals surface area contributed by atoms with Crippen molar-refractivity contribution >= 4 is 0 Å². The number of hydrogen-bond donors (Lipinski definition) is 1. The molecule has 3 rings (SSSR count). The summed E-state index contributed by atoms with van der Waals surface area (Å²) in [5.41, 5.74) is 5.40. The summed E-state index contributed by atoms with van der Waals surface area (Å²) in [4.78, 5) is 19.4. The van der Waals surface area contributed by atoms with E-state index in [9.17, 15) is 4.79 Å². The summed E-state index contributed by atoms with van der Waals surface area (Å²) in [7, 11) is 0. The highest BCUT2D eigenvalue weighted by molar-refractivity contribution is 5.48. The molecular weight excluding hydrogens is 310 g/mol. The monoisotopic (exact) mass is 331 g/mol. The molecule has 0 unspecified atom stereocenters. The fourth-order valence-electron chi connectivity index (χ4n) is 3.02. The number of rotatable bonds is 2. The second kappa shape index (κ2) is 6.82. The Morgan fingerprint density at radius 1 is 1.16 bits per heavy atom. The highest BCUT2D eigenvalue weighted by atomic mass is 16.1. The molecule has 0 radical (unpaired) electrons. The van der Waals surface area contributed by atoms with Gasteiger partial charge in [0, 0.05) is 17.3 Å². The molecule has 4 nitrogen and oxygen atoms in total. The number of imidazole rings is 1. The zero-order valence-corrected chi connectivity index (χ0v) is 15.0. The summed E-state index contributed by atoms with van der Waals surface area (Å²) in [6, 6.07) is 10.0. The third-order valence-corrected chi connectivity index (χ3v) is 4.25. The Kier molecular flexibility index (Phi) is 4.58. The molecule has 0 bridgehead atoms. The molecule has 4 heteroatoms. The minimum Gasteiger partial charge on any atom is -0.329 e. The third kappa shape index (κ3) is 3.27. The number of benzene rings is 1. The maximum atomic E-state index is 12.1. The molecule has 2 heterocycles. The highest BCUT2D eigenvalue weighted by Gasteiger charge is 2.15. The van der Waals surface area contributed by atoms with Gasteiger partial charge in [-0.2, -0.15) is 0 Å². The molecule has 25 heavy (non-hydrogen) atoms. The van der Waals surface area contributed by atoms with Crippen LogP contribution < -0.4 is 5.56 Å². The Hall–Kier alpha value is -3.06. The molecule has 0 saturated heterocycles. The van der Waals surface area contributed by atoms with E-state index in [4.69, 9.17) is 0 Å². The molecule has 2 aromatic heterocycles. The topological polar surface area (TPSA) is 50.7 Å². The maximum Gasteiger partial charge on any atom is 0.253 e. The van der Waals surface area contributed by atoms with Gasteiger partial charge in [-0.15, -0.1) is 0 Å². The molecule has 0 aliphatic heterocycles. The van der Waals surface area contributed by atoms with Crippen LogP contribution in [-0.2, 0) is 6.42 Å². The van der Waals surface area contributed by atoms with Gasteiger partial charge in [0.15, 0.2) is 0 Å². The van der Waals surface area contributed by atoms with Gasteiger partial charge in [-0.3, -0.25) is 9.36 Å². The van der Waals surface area contributed by atoms with Gasteiger partial charge in [-0.05, 0) is 56.9 Å². The van der Waals surface area contributed by atoms with Crippen LogP contribution in [0.3, 0.4) is 0 Å². The number of nitrogens with zero attached hydrogens (tertiary/aromatic N) is 2. The van der Waals surface area contributed by atoms with Crippen LogP contribution >= 0.6 is 0 Å². The average Bonchev–Trinajstić information content (AvgIpc) is 2.86. The Bertz CT molecular complexity index is 1040. The average molecular weight is 331 g/mol. The van der Waals surface area contributed by atoms with Crippen molar-refractivity contribution < 1.29 is 0 Å². The lowest BCUT2D eigenvalue weighted by Crippen LogP contribution is -2.16. The first kappa shape index (κ1) is 16.8. The number of hydrogen-bond acceptors (Lipinski definition) is 2.